The van der Waals surface area contributed by atoms with Crippen molar-refractivity contribution in [3.05, 3.63) is 65.7 Å². The zero-order chi connectivity index (χ0) is 19.1. The van der Waals surface area contributed by atoms with Crippen LogP contribution in [0.15, 0.2) is 54.6 Å². The predicted molar refractivity (Wildman–Crippen MR) is 108 cm³/mol. The van der Waals surface area contributed by atoms with Crippen LogP contribution in [0.4, 0.5) is 0 Å². The molecule has 2 aromatic rings. The second kappa shape index (κ2) is 9.56. The van der Waals surface area contributed by atoms with Gasteiger partial charge in [-0.15, -0.1) is 0 Å². The number of nitrogens with one attached hydrogen (secondary N) is 2. The summed E-state index contributed by atoms with van der Waals surface area (Å²) in [6, 6.07) is 18.6. The molecule has 0 saturated carbocycles. The van der Waals surface area contributed by atoms with Gasteiger partial charge in [-0.2, -0.15) is 0 Å². The van der Waals surface area contributed by atoms with Gasteiger partial charge in [0.15, 0.2) is 6.04 Å². The fourth-order valence-corrected chi connectivity index (χ4v) is 3.90. The van der Waals surface area contributed by atoms with Gasteiger partial charge in [0.05, 0.1) is 20.2 Å². The third-order valence-corrected chi connectivity index (χ3v) is 5.75. The van der Waals surface area contributed by atoms with E-state index in [4.69, 9.17) is 4.74 Å². The minimum Gasteiger partial charge on any atom is -0.497 e. The van der Waals surface area contributed by atoms with Crippen LogP contribution in [0.5, 0.6) is 5.75 Å². The molecule has 4 heteroatoms. The van der Waals surface area contributed by atoms with Crippen LogP contribution in [0.2, 0.25) is 0 Å². The van der Waals surface area contributed by atoms with E-state index in [-0.39, 0.29) is 11.9 Å². The van der Waals surface area contributed by atoms with Crippen molar-refractivity contribution in [1.29, 1.82) is 0 Å². The SMILES string of the molecule is COc1ccc(CNC(=O)[C@@H](C)[NH+]2CCC(Cc3ccccc3)CC2)cc1. The van der Waals surface area contributed by atoms with E-state index in [1.807, 2.05) is 24.3 Å². The molecule has 1 aliphatic heterocycles. The third kappa shape index (κ3) is 5.57. The van der Waals surface area contributed by atoms with Crippen molar-refractivity contribution in [3.8, 4) is 5.75 Å². The van der Waals surface area contributed by atoms with Crippen LogP contribution in [0.25, 0.3) is 0 Å². The summed E-state index contributed by atoms with van der Waals surface area (Å²) < 4.78 is 5.17. The van der Waals surface area contributed by atoms with Crippen molar-refractivity contribution in [2.45, 2.75) is 38.8 Å². The first-order valence-corrected chi connectivity index (χ1v) is 9.95. The lowest BCUT2D eigenvalue weighted by Gasteiger charge is -2.32. The number of methoxy groups -OCH3 is 1. The van der Waals surface area contributed by atoms with Gasteiger partial charge >= 0.3 is 0 Å². The van der Waals surface area contributed by atoms with Gasteiger partial charge in [-0.3, -0.25) is 4.79 Å². The molecule has 144 valence electrons. The minimum absolute atomic E-state index is 0.000855. The lowest BCUT2D eigenvalue weighted by atomic mass is 9.89. The van der Waals surface area contributed by atoms with Crippen molar-refractivity contribution in [3.63, 3.8) is 0 Å². The number of amides is 1. The first-order valence-electron chi connectivity index (χ1n) is 9.95. The van der Waals surface area contributed by atoms with Crippen molar-refractivity contribution in [2.24, 2.45) is 5.92 Å². The molecule has 3 rings (SSSR count). The molecule has 27 heavy (non-hydrogen) atoms. The molecule has 0 spiro atoms. The average molecular weight is 368 g/mol. The highest BCUT2D eigenvalue weighted by Crippen LogP contribution is 2.16. The van der Waals surface area contributed by atoms with Gasteiger partial charge in [0.2, 0.25) is 0 Å². The predicted octanol–water partition coefficient (Wildman–Crippen LogP) is 2.24. The smallest absolute Gasteiger partial charge is 0.278 e. The monoisotopic (exact) mass is 367 g/mol. The van der Waals surface area contributed by atoms with E-state index in [2.05, 4.69) is 42.6 Å². The van der Waals surface area contributed by atoms with Crippen molar-refractivity contribution in [1.82, 2.24) is 5.32 Å². The van der Waals surface area contributed by atoms with Crippen LogP contribution in [0, 0.1) is 5.92 Å². The lowest BCUT2D eigenvalue weighted by Crippen LogP contribution is -3.17. The van der Waals surface area contributed by atoms with Gasteiger partial charge in [0.1, 0.15) is 5.75 Å². The van der Waals surface area contributed by atoms with Crippen LogP contribution in [-0.2, 0) is 17.8 Å². The molecule has 0 aliphatic carbocycles. The van der Waals surface area contributed by atoms with Gasteiger partial charge in [-0.05, 0) is 55.4 Å². The third-order valence-electron chi connectivity index (χ3n) is 5.75. The molecule has 0 bridgehead atoms. The quantitative estimate of drug-likeness (QED) is 0.788. The zero-order valence-electron chi connectivity index (χ0n) is 16.4. The van der Waals surface area contributed by atoms with E-state index in [1.54, 1.807) is 7.11 Å². The topological polar surface area (TPSA) is 42.8 Å². The molecule has 1 aliphatic rings. The second-order valence-electron chi connectivity index (χ2n) is 7.58. The lowest BCUT2D eigenvalue weighted by molar-refractivity contribution is -0.920. The highest BCUT2D eigenvalue weighted by molar-refractivity contribution is 5.79. The number of carbonyl (C=O) groups excluding carboxylic acids is 1. The highest BCUT2D eigenvalue weighted by atomic mass is 16.5. The Labute approximate surface area is 162 Å². The second-order valence-corrected chi connectivity index (χ2v) is 7.58. The van der Waals surface area contributed by atoms with Crippen LogP contribution in [0.3, 0.4) is 0 Å². The Bertz CT molecular complexity index is 707. The molecular weight excluding hydrogens is 336 g/mol. The summed E-state index contributed by atoms with van der Waals surface area (Å²) in [6.07, 6.45) is 3.55. The van der Waals surface area contributed by atoms with Crippen LogP contribution in [0.1, 0.15) is 30.9 Å². The Hall–Kier alpha value is -2.33. The first-order chi connectivity index (χ1) is 13.2. The Kier molecular flexibility index (Phi) is 6.88. The van der Waals surface area contributed by atoms with Gasteiger partial charge in [0.25, 0.3) is 5.91 Å². The van der Waals surface area contributed by atoms with Gasteiger partial charge in [0, 0.05) is 6.54 Å². The van der Waals surface area contributed by atoms with E-state index >= 15 is 0 Å². The number of benzene rings is 2. The summed E-state index contributed by atoms with van der Waals surface area (Å²) in [4.78, 5) is 14.0. The molecule has 0 unspecified atom stereocenters. The Morgan fingerprint density at radius 1 is 1.07 bits per heavy atom. The van der Waals surface area contributed by atoms with Crippen molar-refractivity contribution < 1.29 is 14.4 Å². The number of ether oxygens (including phenoxy) is 1. The van der Waals surface area contributed by atoms with Crippen LogP contribution in [-0.4, -0.2) is 32.1 Å². The number of hydrogen-bond acceptors (Lipinski definition) is 2. The molecule has 1 saturated heterocycles. The van der Waals surface area contributed by atoms with E-state index in [9.17, 15) is 4.79 Å². The average Bonchev–Trinajstić information content (AvgIpc) is 2.73. The summed E-state index contributed by atoms with van der Waals surface area (Å²) in [6.45, 7) is 4.77. The molecule has 4 nitrogen and oxygen atoms in total. The Morgan fingerprint density at radius 3 is 2.37 bits per heavy atom. The number of rotatable bonds is 7. The van der Waals surface area contributed by atoms with E-state index in [1.165, 1.54) is 23.3 Å². The number of likely N-dealkylation sites (tertiary alicyclic amines) is 1. The maximum absolute atomic E-state index is 12.6. The first kappa shape index (κ1) is 19.4. The van der Waals surface area contributed by atoms with Gasteiger partial charge < -0.3 is 15.0 Å². The summed E-state index contributed by atoms with van der Waals surface area (Å²) in [5.41, 5.74) is 2.52. The number of carbonyl (C=O) groups is 1. The molecule has 1 amide bonds. The summed E-state index contributed by atoms with van der Waals surface area (Å²) >= 11 is 0. The molecule has 2 aromatic carbocycles. The van der Waals surface area contributed by atoms with Crippen molar-refractivity contribution >= 4 is 5.91 Å². The number of piperidine rings is 1. The fraction of sp³-hybridized carbons (Fsp3) is 0.435. The van der Waals surface area contributed by atoms with Gasteiger partial charge in [-0.25, -0.2) is 0 Å². The molecule has 0 radical (unpaired) electrons. The number of quaternary nitrogens is 1. The standard InChI is InChI=1S/C23H30N2O2/c1-18(23(26)24-17-21-8-10-22(27-2)11-9-21)25-14-12-20(13-15-25)16-19-6-4-3-5-7-19/h3-11,18,20H,12-17H2,1-2H3,(H,24,26)/p+1/t18-/m1/s1. The van der Waals surface area contributed by atoms with Crippen LogP contribution < -0.4 is 15.0 Å². The molecule has 0 aromatic heterocycles. The van der Waals surface area contributed by atoms with E-state index < -0.39 is 0 Å². The highest BCUT2D eigenvalue weighted by Gasteiger charge is 2.29. The van der Waals surface area contributed by atoms with Gasteiger partial charge in [-0.1, -0.05) is 42.5 Å². The minimum atomic E-state index is 0.000855. The maximum atomic E-state index is 12.6. The Balaban J connectivity index is 1.42. The normalized spacial score (nSPS) is 20.7. The van der Waals surface area contributed by atoms with E-state index in [0.717, 1.165) is 36.7 Å². The molecule has 2 N–H and O–H groups in total. The molecular formula is C23H31N2O2+. The van der Waals surface area contributed by atoms with Crippen molar-refractivity contribution in [2.75, 3.05) is 20.2 Å². The number of hydrogen-bond donors (Lipinski definition) is 2. The van der Waals surface area contributed by atoms with Crippen LogP contribution >= 0.6 is 0 Å². The molecule has 1 atom stereocenters. The largest absolute Gasteiger partial charge is 0.497 e. The summed E-state index contributed by atoms with van der Waals surface area (Å²) in [5, 5.41) is 3.08. The zero-order valence-corrected chi connectivity index (χ0v) is 16.4. The summed E-state index contributed by atoms with van der Waals surface area (Å²) in [7, 11) is 1.66. The van der Waals surface area contributed by atoms with E-state index in [0.29, 0.717) is 6.54 Å². The summed E-state index contributed by atoms with van der Waals surface area (Å²) in [5.74, 6) is 1.72. The fourth-order valence-electron chi connectivity index (χ4n) is 3.90. The molecule has 1 fully saturated rings. The maximum Gasteiger partial charge on any atom is 0.278 e. The molecule has 1 heterocycles. The Morgan fingerprint density at radius 2 is 1.74 bits per heavy atom.